The minimum Gasteiger partial charge on any atom is -0.312 e. The van der Waals surface area contributed by atoms with E-state index in [2.05, 4.69) is 0 Å². The van der Waals surface area contributed by atoms with E-state index >= 15 is 0 Å². The van der Waals surface area contributed by atoms with E-state index in [1.165, 1.54) is 4.90 Å². The zero-order valence-electron chi connectivity index (χ0n) is 10.1. The summed E-state index contributed by atoms with van der Waals surface area (Å²) < 4.78 is 0. The molecule has 1 atom stereocenters. The number of nitrogens with zero attached hydrogens (tertiary/aromatic N) is 1. The van der Waals surface area contributed by atoms with Crippen molar-refractivity contribution in [3.8, 4) is 0 Å². The molecule has 5 heteroatoms. The van der Waals surface area contributed by atoms with Gasteiger partial charge in [-0.3, -0.25) is 14.5 Å². The van der Waals surface area contributed by atoms with Crippen molar-refractivity contribution in [3.05, 3.63) is 29.8 Å². The molecule has 1 fully saturated rings. The topological polar surface area (TPSA) is 54.5 Å². The number of imide groups is 1. The van der Waals surface area contributed by atoms with Gasteiger partial charge in [-0.1, -0.05) is 19.1 Å². The molecule has 1 saturated heterocycles. The van der Waals surface area contributed by atoms with Crippen molar-refractivity contribution in [3.63, 3.8) is 0 Å². The van der Waals surface area contributed by atoms with Crippen LogP contribution in [0, 0.1) is 5.92 Å². The smallest absolute Gasteiger partial charge is 0.237 e. The number of carbonyl (C=O) groups excluding carboxylic acids is 3. The van der Waals surface area contributed by atoms with Crippen LogP contribution in [0.5, 0.6) is 0 Å². The molecule has 0 N–H and O–H groups in total. The van der Waals surface area contributed by atoms with Crippen molar-refractivity contribution in [2.45, 2.75) is 19.8 Å². The molecule has 1 aliphatic heterocycles. The molecule has 0 aliphatic carbocycles. The van der Waals surface area contributed by atoms with Crippen molar-refractivity contribution >= 4 is 31.0 Å². The van der Waals surface area contributed by atoms with Crippen molar-refractivity contribution in [1.29, 1.82) is 0 Å². The quantitative estimate of drug-likeness (QED) is 0.581. The summed E-state index contributed by atoms with van der Waals surface area (Å²) in [6.45, 7) is 1.74. The van der Waals surface area contributed by atoms with E-state index in [0.29, 0.717) is 5.69 Å². The van der Waals surface area contributed by atoms with Crippen molar-refractivity contribution in [1.82, 2.24) is 0 Å². The van der Waals surface area contributed by atoms with Crippen LogP contribution >= 0.6 is 0 Å². The molecule has 90 valence electrons. The molecule has 1 unspecified atom stereocenters. The summed E-state index contributed by atoms with van der Waals surface area (Å²) in [4.78, 5) is 35.5. The zero-order chi connectivity index (χ0) is 13.3. The highest BCUT2D eigenvalue weighted by Gasteiger charge is 2.36. The third-order valence-electron chi connectivity index (χ3n) is 2.95. The Labute approximate surface area is 106 Å². The summed E-state index contributed by atoms with van der Waals surface area (Å²) >= 11 is 0. The zero-order valence-corrected chi connectivity index (χ0v) is 10.1. The van der Waals surface area contributed by atoms with E-state index in [1.807, 2.05) is 0 Å². The normalized spacial score (nSPS) is 19.4. The molecule has 1 aliphatic rings. The van der Waals surface area contributed by atoms with Gasteiger partial charge in [-0.05, 0) is 17.7 Å². The largest absolute Gasteiger partial charge is 0.312 e. The van der Waals surface area contributed by atoms with E-state index < -0.39 is 5.68 Å². The number of benzene rings is 1. The maximum atomic E-state index is 11.8. The van der Waals surface area contributed by atoms with Crippen LogP contribution < -0.4 is 4.90 Å². The molecule has 18 heavy (non-hydrogen) atoms. The lowest BCUT2D eigenvalue weighted by molar-refractivity contribution is -0.122. The second-order valence-electron chi connectivity index (χ2n) is 4.48. The minimum absolute atomic E-state index is 0.151. The molecular weight excluding hydrogens is 229 g/mol. The van der Waals surface area contributed by atoms with Gasteiger partial charge in [0.1, 0.15) is 0 Å². The van der Waals surface area contributed by atoms with Crippen LogP contribution in [-0.4, -0.2) is 25.3 Å². The second kappa shape index (κ2) is 4.76. The summed E-state index contributed by atoms with van der Waals surface area (Å²) in [6, 6.07) is 6.71. The van der Waals surface area contributed by atoms with Gasteiger partial charge in [0.05, 0.1) is 11.4 Å². The van der Waals surface area contributed by atoms with Crippen LogP contribution in [0.25, 0.3) is 0 Å². The summed E-state index contributed by atoms with van der Waals surface area (Å²) in [5, 5.41) is 0. The Morgan fingerprint density at radius 2 is 1.94 bits per heavy atom. The van der Waals surface area contributed by atoms with Gasteiger partial charge in [0.2, 0.25) is 11.8 Å². The van der Waals surface area contributed by atoms with Crippen molar-refractivity contribution in [2.75, 3.05) is 4.90 Å². The molecule has 0 bridgehead atoms. The Morgan fingerprint density at radius 3 is 2.39 bits per heavy atom. The van der Waals surface area contributed by atoms with Crippen molar-refractivity contribution in [2.24, 2.45) is 5.92 Å². The van der Waals surface area contributed by atoms with E-state index in [-0.39, 0.29) is 30.6 Å². The summed E-state index contributed by atoms with van der Waals surface area (Å²) in [5.74, 6) is -0.624. The second-order valence-corrected chi connectivity index (χ2v) is 4.48. The van der Waals surface area contributed by atoms with Gasteiger partial charge in [-0.2, -0.15) is 0 Å². The molecule has 1 aromatic rings. The molecular formula is C13H12BNO3. The van der Waals surface area contributed by atoms with Crippen LogP contribution in [0.2, 0.25) is 0 Å². The van der Waals surface area contributed by atoms with Crippen LogP contribution in [0.1, 0.15) is 18.9 Å². The highest BCUT2D eigenvalue weighted by molar-refractivity contribution is 6.57. The van der Waals surface area contributed by atoms with E-state index in [0.717, 1.165) is 5.56 Å². The standard InChI is InChI=1S/C13H12BNO3/c1-8-6-12(17)15(13(8)18)10-4-2-9(3-5-10)7-11(14)16/h2-5,8H,6-7H2,1H3. The number of carbonyl (C=O) groups is 3. The maximum Gasteiger partial charge on any atom is 0.237 e. The van der Waals surface area contributed by atoms with Crippen molar-refractivity contribution < 1.29 is 14.4 Å². The highest BCUT2D eigenvalue weighted by Crippen LogP contribution is 2.26. The predicted molar refractivity (Wildman–Crippen MR) is 67.2 cm³/mol. The Hall–Kier alpha value is -1.91. The fourth-order valence-electron chi connectivity index (χ4n) is 2.02. The molecule has 0 spiro atoms. The molecule has 0 aromatic heterocycles. The Kier molecular flexibility index (Phi) is 3.32. The summed E-state index contributed by atoms with van der Waals surface area (Å²) in [7, 11) is 5.09. The molecule has 0 saturated carbocycles. The van der Waals surface area contributed by atoms with Crippen LogP contribution in [-0.2, 0) is 20.8 Å². The van der Waals surface area contributed by atoms with Crippen LogP contribution in [0.4, 0.5) is 5.69 Å². The summed E-state index contributed by atoms with van der Waals surface area (Å²) in [5.41, 5.74) is 0.894. The lowest BCUT2D eigenvalue weighted by atomic mass is 9.95. The molecule has 2 radical (unpaired) electrons. The van der Waals surface area contributed by atoms with Gasteiger partial charge in [-0.25, -0.2) is 0 Å². The number of amides is 2. The minimum atomic E-state index is -0.412. The first kappa shape index (κ1) is 12.5. The van der Waals surface area contributed by atoms with Gasteiger partial charge < -0.3 is 4.79 Å². The number of hydrogen-bond acceptors (Lipinski definition) is 3. The third-order valence-corrected chi connectivity index (χ3v) is 2.95. The number of hydrogen-bond donors (Lipinski definition) is 0. The van der Waals surface area contributed by atoms with Crippen LogP contribution in [0.3, 0.4) is 0 Å². The van der Waals surface area contributed by atoms with E-state index in [4.69, 9.17) is 7.85 Å². The average Bonchev–Trinajstić information content (AvgIpc) is 2.54. The predicted octanol–water partition coefficient (Wildman–Crippen LogP) is 0.824. The van der Waals surface area contributed by atoms with E-state index in [1.54, 1.807) is 31.2 Å². The van der Waals surface area contributed by atoms with Gasteiger partial charge in [-0.15, -0.1) is 0 Å². The third kappa shape index (κ3) is 2.35. The number of rotatable bonds is 3. The monoisotopic (exact) mass is 241 g/mol. The lowest BCUT2D eigenvalue weighted by Crippen LogP contribution is -2.29. The molecule has 2 amide bonds. The Morgan fingerprint density at radius 1 is 1.33 bits per heavy atom. The van der Waals surface area contributed by atoms with Crippen LogP contribution in [0.15, 0.2) is 24.3 Å². The van der Waals surface area contributed by atoms with Gasteiger partial charge in [0, 0.05) is 18.8 Å². The SMILES string of the molecule is [B]C(=O)Cc1ccc(N2C(=O)CC(C)C2=O)cc1. The molecule has 1 heterocycles. The molecule has 4 nitrogen and oxygen atoms in total. The fraction of sp³-hybridized carbons (Fsp3) is 0.308. The van der Waals surface area contributed by atoms with Gasteiger partial charge in [0.25, 0.3) is 0 Å². The van der Waals surface area contributed by atoms with E-state index in [9.17, 15) is 14.4 Å². The maximum absolute atomic E-state index is 11.8. The fourth-order valence-corrected chi connectivity index (χ4v) is 2.02. The Balaban J connectivity index is 2.22. The van der Waals surface area contributed by atoms with Gasteiger partial charge in [0.15, 0.2) is 7.85 Å². The molecule has 2 rings (SSSR count). The lowest BCUT2D eigenvalue weighted by Gasteiger charge is -2.14. The summed E-state index contributed by atoms with van der Waals surface area (Å²) in [6.07, 6.45) is 0.403. The average molecular weight is 241 g/mol. The number of anilines is 1. The molecule has 1 aromatic carbocycles. The van der Waals surface area contributed by atoms with Gasteiger partial charge >= 0.3 is 0 Å². The first-order valence-electron chi connectivity index (χ1n) is 5.73. The first-order chi connectivity index (χ1) is 8.49. The first-order valence-corrected chi connectivity index (χ1v) is 5.73. The Bertz CT molecular complexity index is 509. The highest BCUT2D eigenvalue weighted by atomic mass is 16.2.